The molecule has 0 aliphatic rings. The van der Waals surface area contributed by atoms with Gasteiger partial charge < -0.3 is 9.67 Å². The van der Waals surface area contributed by atoms with E-state index < -0.39 is 0 Å². The number of hydrogen-bond acceptors (Lipinski definition) is 3. The third-order valence-corrected chi connectivity index (χ3v) is 3.88. The van der Waals surface area contributed by atoms with Crippen LogP contribution in [0.4, 0.5) is 5.69 Å². The maximum absolute atomic E-state index is 9.09. The van der Waals surface area contributed by atoms with Gasteiger partial charge in [-0.1, -0.05) is 12.1 Å². The highest BCUT2D eigenvalue weighted by Gasteiger charge is 2.02. The van der Waals surface area contributed by atoms with E-state index in [1.807, 2.05) is 11.5 Å². The summed E-state index contributed by atoms with van der Waals surface area (Å²) in [6.45, 7) is 6.90. The van der Waals surface area contributed by atoms with Gasteiger partial charge in [0.1, 0.15) is 0 Å². The molecule has 5 heteroatoms. The molecule has 1 aromatic heterocycles. The van der Waals surface area contributed by atoms with Crippen molar-refractivity contribution in [3.05, 3.63) is 45.2 Å². The van der Waals surface area contributed by atoms with E-state index in [9.17, 15) is 0 Å². The lowest BCUT2D eigenvalue weighted by Crippen LogP contribution is -2.18. The number of thiazole rings is 1. The standard InChI is InChI=1S/C14H18N2OS.ClH/c1-10-4-5-11(2)13(8-10)15-14-16(6-7-17)12(3)9-18-14;/h4-5,8-9,17H,6-7H2,1-3H3;1H. The van der Waals surface area contributed by atoms with Crippen molar-refractivity contribution in [2.24, 2.45) is 4.99 Å². The van der Waals surface area contributed by atoms with E-state index in [0.717, 1.165) is 16.2 Å². The molecule has 0 amide bonds. The number of aryl methyl sites for hydroxylation is 3. The SMILES string of the molecule is Cc1ccc(C)c(N=c2scc(C)n2CCO)c1.Cl. The molecule has 2 rings (SSSR count). The molecule has 0 atom stereocenters. The van der Waals surface area contributed by atoms with Crippen LogP contribution >= 0.6 is 23.7 Å². The van der Waals surface area contributed by atoms with Gasteiger partial charge in [-0.3, -0.25) is 0 Å². The zero-order valence-corrected chi connectivity index (χ0v) is 13.0. The molecule has 1 N–H and O–H groups in total. The second-order valence-electron chi connectivity index (χ2n) is 4.44. The predicted octanol–water partition coefficient (Wildman–Crippen LogP) is 3.12. The fourth-order valence-electron chi connectivity index (χ4n) is 1.82. The molecule has 0 saturated carbocycles. The van der Waals surface area contributed by atoms with Gasteiger partial charge in [0.15, 0.2) is 4.80 Å². The van der Waals surface area contributed by atoms with Crippen LogP contribution in [-0.4, -0.2) is 16.3 Å². The van der Waals surface area contributed by atoms with Crippen LogP contribution in [0.25, 0.3) is 0 Å². The molecule has 104 valence electrons. The number of aliphatic hydroxyl groups excluding tert-OH is 1. The minimum atomic E-state index is 0. The Morgan fingerprint density at radius 1 is 1.26 bits per heavy atom. The first-order chi connectivity index (χ1) is 8.61. The van der Waals surface area contributed by atoms with Crippen LogP contribution in [0.15, 0.2) is 28.6 Å². The first kappa shape index (κ1) is 16.0. The predicted molar refractivity (Wildman–Crippen MR) is 82.5 cm³/mol. The van der Waals surface area contributed by atoms with Crippen LogP contribution in [0.1, 0.15) is 16.8 Å². The van der Waals surface area contributed by atoms with E-state index in [1.54, 1.807) is 11.3 Å². The molecule has 2 aromatic rings. The molecule has 19 heavy (non-hydrogen) atoms. The molecule has 1 heterocycles. The highest BCUT2D eigenvalue weighted by Crippen LogP contribution is 2.19. The van der Waals surface area contributed by atoms with Gasteiger partial charge >= 0.3 is 0 Å². The largest absolute Gasteiger partial charge is 0.395 e. The second-order valence-corrected chi connectivity index (χ2v) is 5.27. The van der Waals surface area contributed by atoms with Gasteiger partial charge in [-0.05, 0) is 38.0 Å². The lowest BCUT2D eigenvalue weighted by atomic mass is 10.1. The van der Waals surface area contributed by atoms with Crippen molar-refractivity contribution in [1.82, 2.24) is 4.57 Å². The van der Waals surface area contributed by atoms with Crippen molar-refractivity contribution >= 4 is 29.4 Å². The highest BCUT2D eigenvalue weighted by molar-refractivity contribution is 7.07. The normalized spacial score (nSPS) is 11.5. The third kappa shape index (κ3) is 3.69. The molecule has 0 aliphatic heterocycles. The molecule has 3 nitrogen and oxygen atoms in total. The first-order valence-corrected chi connectivity index (χ1v) is 6.87. The Morgan fingerprint density at radius 2 is 2.00 bits per heavy atom. The Bertz CT molecular complexity index is 616. The van der Waals surface area contributed by atoms with Crippen LogP contribution in [0.3, 0.4) is 0 Å². The molecule has 1 aromatic carbocycles. The minimum absolute atomic E-state index is 0. The van der Waals surface area contributed by atoms with E-state index in [1.165, 1.54) is 11.1 Å². The Labute approximate surface area is 123 Å². The van der Waals surface area contributed by atoms with Gasteiger partial charge in [-0.15, -0.1) is 23.7 Å². The third-order valence-electron chi connectivity index (χ3n) is 2.90. The van der Waals surface area contributed by atoms with Crippen molar-refractivity contribution in [1.29, 1.82) is 0 Å². The molecule has 0 aliphatic carbocycles. The summed E-state index contributed by atoms with van der Waals surface area (Å²) in [5.74, 6) is 0. The molecule has 0 unspecified atom stereocenters. The van der Waals surface area contributed by atoms with Crippen LogP contribution in [-0.2, 0) is 6.54 Å². The van der Waals surface area contributed by atoms with Crippen LogP contribution in [0.5, 0.6) is 0 Å². The van der Waals surface area contributed by atoms with E-state index >= 15 is 0 Å². The highest BCUT2D eigenvalue weighted by atomic mass is 35.5. The number of hydrogen-bond donors (Lipinski definition) is 1. The maximum atomic E-state index is 9.09. The summed E-state index contributed by atoms with van der Waals surface area (Å²) in [6.07, 6.45) is 0. The Hall–Kier alpha value is -1.10. The lowest BCUT2D eigenvalue weighted by molar-refractivity contribution is 0.273. The molecule has 0 saturated heterocycles. The molecule has 0 spiro atoms. The van der Waals surface area contributed by atoms with Gasteiger partial charge in [-0.2, -0.15) is 0 Å². The van der Waals surface area contributed by atoms with Crippen LogP contribution in [0.2, 0.25) is 0 Å². The number of rotatable bonds is 3. The monoisotopic (exact) mass is 298 g/mol. The molecular formula is C14H19ClN2OS. The van der Waals surface area contributed by atoms with Gasteiger partial charge in [0.25, 0.3) is 0 Å². The summed E-state index contributed by atoms with van der Waals surface area (Å²) in [5, 5.41) is 11.2. The number of aromatic nitrogens is 1. The summed E-state index contributed by atoms with van der Waals surface area (Å²) in [5.41, 5.74) is 4.52. The summed E-state index contributed by atoms with van der Waals surface area (Å²) in [4.78, 5) is 5.65. The van der Waals surface area contributed by atoms with Crippen molar-refractivity contribution in [2.45, 2.75) is 27.3 Å². The second kappa shape index (κ2) is 6.89. The van der Waals surface area contributed by atoms with E-state index in [4.69, 9.17) is 10.1 Å². The fraction of sp³-hybridized carbons (Fsp3) is 0.357. The van der Waals surface area contributed by atoms with Gasteiger partial charge in [0, 0.05) is 17.6 Å². The Kier molecular flexibility index (Phi) is 5.79. The molecular weight excluding hydrogens is 280 g/mol. The van der Waals surface area contributed by atoms with Gasteiger partial charge in [-0.25, -0.2) is 4.99 Å². The van der Waals surface area contributed by atoms with E-state index in [-0.39, 0.29) is 19.0 Å². The van der Waals surface area contributed by atoms with Crippen molar-refractivity contribution < 1.29 is 5.11 Å². The van der Waals surface area contributed by atoms with Gasteiger partial charge in [0.2, 0.25) is 0 Å². The number of benzene rings is 1. The summed E-state index contributed by atoms with van der Waals surface area (Å²) < 4.78 is 2.05. The lowest BCUT2D eigenvalue weighted by Gasteiger charge is -2.04. The van der Waals surface area contributed by atoms with Crippen molar-refractivity contribution in [3.63, 3.8) is 0 Å². The topological polar surface area (TPSA) is 37.5 Å². The van der Waals surface area contributed by atoms with Crippen LogP contribution in [0, 0.1) is 20.8 Å². The molecule has 0 radical (unpaired) electrons. The van der Waals surface area contributed by atoms with Crippen molar-refractivity contribution in [2.75, 3.05) is 6.61 Å². The Morgan fingerprint density at radius 3 is 2.68 bits per heavy atom. The zero-order chi connectivity index (χ0) is 13.1. The average molecular weight is 299 g/mol. The molecule has 0 fully saturated rings. The summed E-state index contributed by atoms with van der Waals surface area (Å²) >= 11 is 1.61. The number of aliphatic hydroxyl groups is 1. The zero-order valence-electron chi connectivity index (χ0n) is 11.4. The average Bonchev–Trinajstić information content (AvgIpc) is 2.67. The maximum Gasteiger partial charge on any atom is 0.190 e. The quantitative estimate of drug-likeness (QED) is 0.929. The number of nitrogens with zero attached hydrogens (tertiary/aromatic N) is 2. The smallest absolute Gasteiger partial charge is 0.190 e. The summed E-state index contributed by atoms with van der Waals surface area (Å²) in [7, 11) is 0. The first-order valence-electron chi connectivity index (χ1n) is 5.99. The summed E-state index contributed by atoms with van der Waals surface area (Å²) in [6, 6.07) is 6.27. The fourth-order valence-corrected chi connectivity index (χ4v) is 2.73. The van der Waals surface area contributed by atoms with E-state index in [0.29, 0.717) is 6.54 Å². The minimum Gasteiger partial charge on any atom is -0.395 e. The van der Waals surface area contributed by atoms with Crippen LogP contribution < -0.4 is 4.80 Å². The molecule has 0 bridgehead atoms. The number of halogens is 1. The van der Waals surface area contributed by atoms with Gasteiger partial charge in [0.05, 0.1) is 12.3 Å². The Balaban J connectivity index is 0.00000180. The van der Waals surface area contributed by atoms with E-state index in [2.05, 4.69) is 37.4 Å². The van der Waals surface area contributed by atoms with Crippen molar-refractivity contribution in [3.8, 4) is 0 Å².